The summed E-state index contributed by atoms with van der Waals surface area (Å²) in [5.74, 6) is 1.70. The molecular weight excluding hydrogens is 649 g/mol. The summed E-state index contributed by atoms with van der Waals surface area (Å²) in [5, 5.41) is 3.49. The summed E-state index contributed by atoms with van der Waals surface area (Å²) in [4.78, 5) is 14.3. The number of fused-ring (bicyclic) bond motifs is 1. The summed E-state index contributed by atoms with van der Waals surface area (Å²) in [6.45, 7) is 8.37. The number of hydrogen-bond donors (Lipinski definition) is 1. The highest BCUT2D eigenvalue weighted by Crippen LogP contribution is 2.40. The highest BCUT2D eigenvalue weighted by atomic mass is 32.2. The molecule has 0 amide bonds. The van der Waals surface area contributed by atoms with Gasteiger partial charge in [0.2, 0.25) is 5.88 Å². The second kappa shape index (κ2) is 15.5. The van der Waals surface area contributed by atoms with E-state index in [2.05, 4.69) is 69.5 Å². The van der Waals surface area contributed by atoms with Gasteiger partial charge in [0.05, 0.1) is 30.3 Å². The summed E-state index contributed by atoms with van der Waals surface area (Å²) >= 11 is 0. The molecule has 0 aliphatic carbocycles. The molecule has 1 saturated heterocycles. The van der Waals surface area contributed by atoms with Gasteiger partial charge in [-0.05, 0) is 107 Å². The Hall–Kier alpha value is -4.03. The van der Waals surface area contributed by atoms with Gasteiger partial charge in [0, 0.05) is 30.9 Å². The van der Waals surface area contributed by atoms with Crippen LogP contribution < -0.4 is 19.1 Å². The number of nitrogens with one attached hydrogen (secondary N) is 1. The SMILES string of the molecule is COc1cc(C)c(S(=O)(=O)N2c3ccccc3C[C@H]2COc2ccnc(CNCCCN3CCC(c4ccccc4)(N(C)C)CC3)n2)c(C)c1. The minimum atomic E-state index is -3.90. The molecule has 3 aromatic carbocycles. The quantitative estimate of drug-likeness (QED) is 0.175. The molecule has 1 fully saturated rings. The molecule has 1 aromatic heterocycles. The average Bonchev–Trinajstić information content (AvgIpc) is 3.50. The van der Waals surface area contributed by atoms with Gasteiger partial charge in [0.25, 0.3) is 10.0 Å². The molecule has 1 atom stereocenters. The monoisotopic (exact) mass is 698 g/mol. The second-order valence-corrected chi connectivity index (χ2v) is 15.4. The Balaban J connectivity index is 1.02. The van der Waals surface area contributed by atoms with Gasteiger partial charge in [-0.15, -0.1) is 0 Å². The van der Waals surface area contributed by atoms with Gasteiger partial charge in [-0.1, -0.05) is 48.5 Å². The Morgan fingerprint density at radius 1 is 0.980 bits per heavy atom. The van der Waals surface area contributed by atoms with Gasteiger partial charge >= 0.3 is 0 Å². The van der Waals surface area contributed by atoms with Gasteiger partial charge in [0.1, 0.15) is 18.2 Å². The maximum absolute atomic E-state index is 14.3. The summed E-state index contributed by atoms with van der Waals surface area (Å²) in [7, 11) is 2.09. The number of likely N-dealkylation sites (tertiary alicyclic amines) is 1. The van der Waals surface area contributed by atoms with E-state index in [0.717, 1.165) is 51.0 Å². The highest BCUT2D eigenvalue weighted by molar-refractivity contribution is 7.93. The number of anilines is 1. The summed E-state index contributed by atoms with van der Waals surface area (Å²) in [5.41, 5.74) is 4.45. The third-order valence-corrected chi connectivity index (χ3v) is 12.4. The fourth-order valence-corrected chi connectivity index (χ4v) is 9.76. The number of hydrogen-bond acceptors (Lipinski definition) is 9. The van der Waals surface area contributed by atoms with Crippen molar-refractivity contribution in [3.8, 4) is 11.6 Å². The van der Waals surface area contributed by atoms with Crippen molar-refractivity contribution in [3.63, 3.8) is 0 Å². The fourth-order valence-electron chi connectivity index (χ4n) is 7.66. The topological polar surface area (TPSA) is 100 Å². The lowest BCUT2D eigenvalue weighted by molar-refractivity contribution is 0.0534. The number of para-hydroxylation sites is 1. The van der Waals surface area contributed by atoms with Crippen LogP contribution in [0.3, 0.4) is 0 Å². The molecule has 50 heavy (non-hydrogen) atoms. The molecule has 266 valence electrons. The maximum Gasteiger partial charge on any atom is 0.265 e. The van der Waals surface area contributed by atoms with Crippen molar-refractivity contribution in [1.82, 2.24) is 25.1 Å². The van der Waals surface area contributed by atoms with E-state index in [4.69, 9.17) is 9.47 Å². The average molecular weight is 699 g/mol. The number of nitrogens with zero attached hydrogens (tertiary/aromatic N) is 5. The van der Waals surface area contributed by atoms with Gasteiger partial charge in [-0.2, -0.15) is 4.98 Å². The largest absolute Gasteiger partial charge is 0.497 e. The van der Waals surface area contributed by atoms with Crippen molar-refractivity contribution < 1.29 is 17.9 Å². The van der Waals surface area contributed by atoms with E-state index >= 15 is 0 Å². The molecule has 4 aromatic rings. The number of rotatable bonds is 14. The second-order valence-electron chi connectivity index (χ2n) is 13.7. The molecule has 6 rings (SSSR count). The predicted octanol–water partition coefficient (Wildman–Crippen LogP) is 5.33. The van der Waals surface area contributed by atoms with Crippen LogP contribution in [0, 0.1) is 13.8 Å². The molecule has 0 radical (unpaired) electrons. The van der Waals surface area contributed by atoms with Crippen LogP contribution in [0.25, 0.3) is 0 Å². The maximum atomic E-state index is 14.3. The number of methoxy groups -OCH3 is 1. The van der Waals surface area contributed by atoms with E-state index in [1.807, 2.05) is 24.3 Å². The van der Waals surface area contributed by atoms with E-state index in [1.165, 1.54) is 9.87 Å². The smallest absolute Gasteiger partial charge is 0.265 e. The van der Waals surface area contributed by atoms with E-state index in [9.17, 15) is 8.42 Å². The first-order valence-electron chi connectivity index (χ1n) is 17.5. The normalized spacial score (nSPS) is 17.6. The molecule has 2 aliphatic rings. The van der Waals surface area contributed by atoms with Crippen LogP contribution >= 0.6 is 0 Å². The number of piperidine rings is 1. The van der Waals surface area contributed by atoms with Gasteiger partial charge in [0.15, 0.2) is 0 Å². The van der Waals surface area contributed by atoms with Crippen LogP contribution in [0.4, 0.5) is 5.69 Å². The molecule has 0 saturated carbocycles. The number of ether oxygens (including phenoxy) is 2. The van der Waals surface area contributed by atoms with Crippen LogP contribution in [-0.4, -0.2) is 88.2 Å². The molecule has 2 aliphatic heterocycles. The Labute approximate surface area is 297 Å². The summed E-state index contributed by atoms with van der Waals surface area (Å²) < 4.78 is 41.7. The first-order valence-corrected chi connectivity index (χ1v) is 18.9. The lowest BCUT2D eigenvalue weighted by atomic mass is 9.80. The Bertz CT molecular complexity index is 1840. The van der Waals surface area contributed by atoms with Crippen LogP contribution in [0.5, 0.6) is 11.6 Å². The minimum absolute atomic E-state index is 0.101. The zero-order valence-electron chi connectivity index (χ0n) is 29.9. The first-order chi connectivity index (χ1) is 24.1. The van der Waals surface area contributed by atoms with Crippen LogP contribution in [-0.2, 0) is 28.5 Å². The van der Waals surface area contributed by atoms with Crippen LogP contribution in [0.15, 0.2) is 83.9 Å². The van der Waals surface area contributed by atoms with E-state index in [0.29, 0.717) is 52.1 Å². The van der Waals surface area contributed by atoms with Crippen molar-refractivity contribution in [1.29, 1.82) is 0 Å². The van der Waals surface area contributed by atoms with Gasteiger partial charge in [-0.3, -0.25) is 9.21 Å². The highest BCUT2D eigenvalue weighted by Gasteiger charge is 2.40. The number of benzene rings is 3. The van der Waals surface area contributed by atoms with Gasteiger partial charge in [-0.25, -0.2) is 13.4 Å². The first kappa shape index (κ1) is 35.8. The van der Waals surface area contributed by atoms with Crippen molar-refractivity contribution >= 4 is 15.7 Å². The van der Waals surface area contributed by atoms with E-state index in [1.54, 1.807) is 45.4 Å². The molecule has 0 bridgehead atoms. The van der Waals surface area contributed by atoms with Crippen molar-refractivity contribution in [3.05, 3.63) is 107 Å². The van der Waals surface area contributed by atoms with Crippen LogP contribution in [0.1, 0.15) is 47.3 Å². The number of aromatic nitrogens is 2. The van der Waals surface area contributed by atoms with E-state index in [-0.39, 0.29) is 12.1 Å². The third kappa shape index (κ3) is 7.51. The molecule has 11 heteroatoms. The Morgan fingerprint density at radius 2 is 1.68 bits per heavy atom. The van der Waals surface area contributed by atoms with Crippen molar-refractivity contribution in [2.75, 3.05) is 58.3 Å². The predicted molar refractivity (Wildman–Crippen MR) is 197 cm³/mol. The molecule has 3 heterocycles. The number of aryl methyl sites for hydroxylation is 2. The summed E-state index contributed by atoms with van der Waals surface area (Å²) in [6, 6.07) is 23.4. The Kier molecular flexibility index (Phi) is 11.1. The number of sulfonamides is 1. The lowest BCUT2D eigenvalue weighted by Gasteiger charge is -2.46. The molecule has 1 N–H and O–H groups in total. The third-order valence-electron chi connectivity index (χ3n) is 10.3. The molecule has 10 nitrogen and oxygen atoms in total. The molecular formula is C39H50N6O4S. The summed E-state index contributed by atoms with van der Waals surface area (Å²) in [6.07, 6.45) is 5.52. The van der Waals surface area contributed by atoms with Gasteiger partial charge < -0.3 is 19.7 Å². The Morgan fingerprint density at radius 3 is 2.38 bits per heavy atom. The van der Waals surface area contributed by atoms with E-state index < -0.39 is 16.1 Å². The fraction of sp³-hybridized carbons (Fsp3) is 0.436. The van der Waals surface area contributed by atoms with Crippen LogP contribution in [0.2, 0.25) is 0 Å². The van der Waals surface area contributed by atoms with Crippen molar-refractivity contribution in [2.24, 2.45) is 0 Å². The van der Waals surface area contributed by atoms with Crippen molar-refractivity contribution in [2.45, 2.75) is 62.6 Å². The zero-order valence-corrected chi connectivity index (χ0v) is 30.7. The standard InChI is InChI=1S/C39H50N6O4S/c1-29-24-34(48-5)25-30(2)38(29)50(46,47)45-33(26-31-12-9-10-15-35(31)45)28-49-37-16-20-41-36(42-37)27-40-19-11-21-44-22-17-39(18-23-44,43(3)4)32-13-7-6-8-14-32/h6-10,12-16,20,24-25,33,40H,11,17-19,21-23,26-28H2,1-5H3/t33-/m0/s1. The molecule has 0 unspecified atom stereocenters. The lowest BCUT2D eigenvalue weighted by Crippen LogP contribution is -2.50. The molecule has 0 spiro atoms. The zero-order chi connectivity index (χ0) is 35.3. The minimum Gasteiger partial charge on any atom is -0.497 e.